The van der Waals surface area contributed by atoms with E-state index in [1.165, 1.54) is 32.8 Å². The number of carbonyl (C=O) groups is 1. The Morgan fingerprint density at radius 1 is 1.03 bits per heavy atom. The van der Waals surface area contributed by atoms with Crippen molar-refractivity contribution in [2.75, 3.05) is 7.11 Å². The first-order valence-corrected chi connectivity index (χ1v) is 13.1. The van der Waals surface area contributed by atoms with Crippen molar-refractivity contribution in [2.45, 2.75) is 104 Å². The lowest BCUT2D eigenvalue weighted by atomic mass is 9.41. The molecule has 4 heteroatoms. The lowest BCUT2D eigenvalue weighted by Crippen LogP contribution is -2.62. The lowest BCUT2D eigenvalue weighted by molar-refractivity contribution is -0.203. The van der Waals surface area contributed by atoms with Crippen LogP contribution in [-0.2, 0) is 9.53 Å². The average molecular weight is 435 g/mol. The fourth-order valence-corrected chi connectivity index (χ4v) is 9.58. The molecule has 0 bridgehead atoms. The number of carbonyl (C=O) groups excluding carboxylic acids is 1. The second-order valence-electron chi connectivity index (χ2n) is 12.2. The van der Waals surface area contributed by atoms with Gasteiger partial charge in [0.25, 0.3) is 0 Å². The molecular weight excluding hydrogens is 388 g/mol. The summed E-state index contributed by atoms with van der Waals surface area (Å²) >= 11 is 0. The van der Waals surface area contributed by atoms with Crippen molar-refractivity contribution in [1.29, 1.82) is 0 Å². The van der Waals surface area contributed by atoms with Crippen LogP contribution in [0.3, 0.4) is 0 Å². The quantitative estimate of drug-likeness (QED) is 0.584. The van der Waals surface area contributed by atoms with Gasteiger partial charge in [-0.25, -0.2) is 0 Å². The summed E-state index contributed by atoms with van der Waals surface area (Å²) < 4.78 is 4.88. The number of hydrogen-bond acceptors (Lipinski definition) is 4. The van der Waals surface area contributed by atoms with Gasteiger partial charge < -0.3 is 14.9 Å². The van der Waals surface area contributed by atoms with E-state index in [-0.39, 0.29) is 29.0 Å². The number of ether oxygens (including phenoxy) is 1. The molecule has 178 valence electrons. The summed E-state index contributed by atoms with van der Waals surface area (Å²) in [5.74, 6) is 3.41. The highest BCUT2D eigenvalue weighted by atomic mass is 16.5. The van der Waals surface area contributed by atoms with E-state index < -0.39 is 0 Å². The largest absolute Gasteiger partial charge is 0.469 e. The molecule has 0 spiro atoms. The number of aliphatic hydroxyl groups is 2. The molecule has 4 nitrogen and oxygen atoms in total. The van der Waals surface area contributed by atoms with Crippen molar-refractivity contribution >= 4 is 5.97 Å². The number of esters is 1. The predicted molar refractivity (Wildman–Crippen MR) is 122 cm³/mol. The van der Waals surface area contributed by atoms with Gasteiger partial charge in [0, 0.05) is 6.42 Å². The standard InChI is InChI=1S/C27H46O4/c1-6-18-22-15-17(28)11-13-27(22,4)21-12-14-26(3)19(16(2)7-10-23(29)31-5)8-9-20(26)24(21)25(18)30/h16-22,24-25,28,30H,6-15H2,1-5H3/t16-,17-,18-,19-,20+,21+,22+,24?,25-,26?,27?/m1/s1. The Hall–Kier alpha value is -0.610. The summed E-state index contributed by atoms with van der Waals surface area (Å²) in [4.78, 5) is 11.7. The van der Waals surface area contributed by atoms with Crippen molar-refractivity contribution in [2.24, 2.45) is 52.3 Å². The topological polar surface area (TPSA) is 66.8 Å². The van der Waals surface area contributed by atoms with Crippen LogP contribution in [-0.4, -0.2) is 35.5 Å². The Bertz CT molecular complexity index is 664. The minimum absolute atomic E-state index is 0.0952. The van der Waals surface area contributed by atoms with E-state index in [9.17, 15) is 15.0 Å². The Kier molecular flexibility index (Phi) is 6.55. The van der Waals surface area contributed by atoms with Crippen LogP contribution in [0.15, 0.2) is 0 Å². The van der Waals surface area contributed by atoms with Gasteiger partial charge in [-0.1, -0.05) is 34.1 Å². The Morgan fingerprint density at radius 2 is 1.71 bits per heavy atom. The van der Waals surface area contributed by atoms with Crippen LogP contribution < -0.4 is 0 Å². The summed E-state index contributed by atoms with van der Waals surface area (Å²) in [6, 6.07) is 0. The number of methoxy groups -OCH3 is 1. The average Bonchev–Trinajstić information content (AvgIpc) is 3.10. The van der Waals surface area contributed by atoms with Gasteiger partial charge in [0.15, 0.2) is 0 Å². The van der Waals surface area contributed by atoms with Crippen LogP contribution in [0.25, 0.3) is 0 Å². The van der Waals surface area contributed by atoms with Gasteiger partial charge in [-0.3, -0.25) is 4.79 Å². The van der Waals surface area contributed by atoms with Crippen molar-refractivity contribution in [3.8, 4) is 0 Å². The molecule has 4 fully saturated rings. The molecule has 11 atom stereocenters. The molecule has 0 saturated heterocycles. The number of rotatable bonds is 5. The van der Waals surface area contributed by atoms with E-state index in [2.05, 4.69) is 27.7 Å². The van der Waals surface area contributed by atoms with Gasteiger partial charge in [0.2, 0.25) is 0 Å². The summed E-state index contributed by atoms with van der Waals surface area (Å²) in [6.07, 6.45) is 9.87. The molecule has 0 aromatic heterocycles. The van der Waals surface area contributed by atoms with E-state index >= 15 is 0 Å². The van der Waals surface area contributed by atoms with Crippen LogP contribution in [0, 0.1) is 52.3 Å². The molecule has 3 unspecified atom stereocenters. The van der Waals surface area contributed by atoms with Gasteiger partial charge in [0.05, 0.1) is 19.3 Å². The van der Waals surface area contributed by atoms with E-state index in [0.717, 1.165) is 32.1 Å². The first-order chi connectivity index (χ1) is 14.7. The van der Waals surface area contributed by atoms with Crippen molar-refractivity contribution < 1.29 is 19.7 Å². The van der Waals surface area contributed by atoms with Gasteiger partial charge in [-0.05, 0) is 104 Å². The maximum absolute atomic E-state index is 11.8. The van der Waals surface area contributed by atoms with Gasteiger partial charge in [0.1, 0.15) is 0 Å². The highest BCUT2D eigenvalue weighted by molar-refractivity contribution is 5.69. The van der Waals surface area contributed by atoms with Crippen LogP contribution >= 0.6 is 0 Å². The monoisotopic (exact) mass is 434 g/mol. The molecule has 0 aromatic carbocycles. The third kappa shape index (κ3) is 3.68. The molecule has 2 N–H and O–H groups in total. The van der Waals surface area contributed by atoms with Crippen LogP contribution in [0.4, 0.5) is 0 Å². The molecule has 0 amide bonds. The van der Waals surface area contributed by atoms with Gasteiger partial charge in [-0.15, -0.1) is 0 Å². The van der Waals surface area contributed by atoms with Crippen molar-refractivity contribution in [1.82, 2.24) is 0 Å². The first-order valence-electron chi connectivity index (χ1n) is 13.1. The van der Waals surface area contributed by atoms with Gasteiger partial charge >= 0.3 is 5.97 Å². The van der Waals surface area contributed by atoms with E-state index in [0.29, 0.717) is 47.8 Å². The molecule has 0 radical (unpaired) electrons. The molecule has 0 aliphatic heterocycles. The van der Waals surface area contributed by atoms with E-state index in [1.54, 1.807) is 0 Å². The zero-order chi connectivity index (χ0) is 22.6. The van der Waals surface area contributed by atoms with Gasteiger partial charge in [-0.2, -0.15) is 0 Å². The molecule has 4 aliphatic carbocycles. The molecule has 0 aromatic rings. The Balaban J connectivity index is 1.58. The fourth-order valence-electron chi connectivity index (χ4n) is 9.58. The third-order valence-corrected chi connectivity index (χ3v) is 11.2. The molecule has 0 heterocycles. The summed E-state index contributed by atoms with van der Waals surface area (Å²) in [7, 11) is 1.48. The van der Waals surface area contributed by atoms with E-state index in [1.807, 2.05) is 0 Å². The minimum Gasteiger partial charge on any atom is -0.469 e. The molecule has 4 aliphatic rings. The first kappa shape index (κ1) is 23.5. The smallest absolute Gasteiger partial charge is 0.305 e. The van der Waals surface area contributed by atoms with E-state index in [4.69, 9.17) is 4.74 Å². The number of fused-ring (bicyclic) bond motifs is 5. The van der Waals surface area contributed by atoms with Crippen molar-refractivity contribution in [3.05, 3.63) is 0 Å². The number of aliphatic hydroxyl groups excluding tert-OH is 2. The fraction of sp³-hybridized carbons (Fsp3) is 0.963. The Labute approximate surface area is 189 Å². The normalized spacial score (nSPS) is 50.2. The van der Waals surface area contributed by atoms with Crippen molar-refractivity contribution in [3.63, 3.8) is 0 Å². The third-order valence-electron chi connectivity index (χ3n) is 11.2. The summed E-state index contributed by atoms with van der Waals surface area (Å²) in [6.45, 7) is 9.58. The summed E-state index contributed by atoms with van der Waals surface area (Å²) in [5.41, 5.74) is 0.535. The highest BCUT2D eigenvalue weighted by Crippen LogP contribution is 2.69. The SMILES string of the molecule is CC[C@H]1[C@@H](O)C2[C@@H]3CC[C@H]([C@H](C)CCC(=O)OC)C3(C)CC[C@@H]2C2(C)CC[C@@H](O)C[C@@H]12. The van der Waals surface area contributed by atoms with Crippen LogP contribution in [0.5, 0.6) is 0 Å². The molecule has 31 heavy (non-hydrogen) atoms. The molecule has 4 rings (SSSR count). The minimum atomic E-state index is -0.230. The maximum atomic E-state index is 11.8. The molecule has 4 saturated carbocycles. The lowest BCUT2D eigenvalue weighted by Gasteiger charge is -2.64. The second kappa shape index (κ2) is 8.63. The van der Waals surface area contributed by atoms with Crippen LogP contribution in [0.1, 0.15) is 91.9 Å². The van der Waals surface area contributed by atoms with Crippen LogP contribution in [0.2, 0.25) is 0 Å². The predicted octanol–water partition coefficient (Wildman–Crippen LogP) is 5.20. The maximum Gasteiger partial charge on any atom is 0.305 e. The summed E-state index contributed by atoms with van der Waals surface area (Å²) in [5, 5.41) is 22.2. The Morgan fingerprint density at radius 3 is 2.39 bits per heavy atom. The second-order valence-corrected chi connectivity index (χ2v) is 12.2. The zero-order valence-electron chi connectivity index (χ0n) is 20.5. The molecular formula is C27H46O4. The zero-order valence-corrected chi connectivity index (χ0v) is 20.5. The number of hydrogen-bond donors (Lipinski definition) is 2. The highest BCUT2D eigenvalue weighted by Gasteiger charge is 2.64.